The molecule has 2 aromatic carbocycles. The number of nitrogens with zero attached hydrogens (tertiary/aromatic N) is 2. The minimum Gasteiger partial charge on any atom is -0.459 e. The van der Waals surface area contributed by atoms with Crippen LogP contribution in [0.25, 0.3) is 11.3 Å². The first kappa shape index (κ1) is 21.8. The number of benzene rings is 2. The van der Waals surface area contributed by atoms with E-state index in [9.17, 15) is 4.39 Å². The summed E-state index contributed by atoms with van der Waals surface area (Å²) in [6.45, 7) is 4.16. The monoisotopic (exact) mass is 521 g/mol. The second-order valence-electron chi connectivity index (χ2n) is 8.09. The van der Waals surface area contributed by atoms with E-state index in [0.717, 1.165) is 11.4 Å². The van der Waals surface area contributed by atoms with Crippen molar-refractivity contribution in [1.29, 1.82) is 0 Å². The van der Waals surface area contributed by atoms with Crippen LogP contribution in [0.2, 0.25) is 0 Å². The highest BCUT2D eigenvalue weighted by Crippen LogP contribution is 2.43. The van der Waals surface area contributed by atoms with Crippen LogP contribution in [-0.2, 0) is 0 Å². The third kappa shape index (κ3) is 4.07. The van der Waals surface area contributed by atoms with Gasteiger partial charge in [-0.15, -0.1) is 0 Å². The Hall–Kier alpha value is -3.03. The summed E-state index contributed by atoms with van der Waals surface area (Å²) < 4.78 is 21.5. The number of hydrogen-bond acceptors (Lipinski definition) is 3. The van der Waals surface area contributed by atoms with Crippen LogP contribution in [0, 0.1) is 19.7 Å². The molecule has 3 heterocycles. The molecule has 0 aliphatic carbocycles. The van der Waals surface area contributed by atoms with Crippen molar-refractivity contribution in [3.63, 3.8) is 0 Å². The van der Waals surface area contributed by atoms with Gasteiger partial charge in [-0.25, -0.2) is 4.39 Å². The van der Waals surface area contributed by atoms with Gasteiger partial charge < -0.3 is 14.6 Å². The minimum absolute atomic E-state index is 0.228. The van der Waals surface area contributed by atoms with E-state index in [4.69, 9.17) is 16.6 Å². The quantitative estimate of drug-likeness (QED) is 0.291. The zero-order valence-corrected chi connectivity index (χ0v) is 20.5. The predicted octanol–water partition coefficient (Wildman–Crippen LogP) is 7.04. The molecule has 1 fully saturated rings. The van der Waals surface area contributed by atoms with Gasteiger partial charge in [0.05, 0.1) is 17.3 Å². The molecule has 4 nitrogen and oxygen atoms in total. The molecule has 1 saturated heterocycles. The summed E-state index contributed by atoms with van der Waals surface area (Å²) >= 11 is 9.07. The van der Waals surface area contributed by atoms with Crippen molar-refractivity contribution in [1.82, 2.24) is 10.3 Å². The number of anilines is 1. The van der Waals surface area contributed by atoms with Crippen LogP contribution in [0.15, 0.2) is 81.8 Å². The molecule has 2 aromatic heterocycles. The van der Waals surface area contributed by atoms with Crippen molar-refractivity contribution in [2.75, 3.05) is 4.90 Å². The first-order chi connectivity index (χ1) is 15.9. The van der Waals surface area contributed by atoms with E-state index in [1.165, 1.54) is 17.2 Å². The summed E-state index contributed by atoms with van der Waals surface area (Å²) in [6.07, 6.45) is 1.76. The largest absolute Gasteiger partial charge is 0.459 e. The number of hydrogen-bond donors (Lipinski definition) is 1. The number of furan rings is 1. The highest BCUT2D eigenvalue weighted by atomic mass is 79.9. The van der Waals surface area contributed by atoms with Crippen LogP contribution < -0.4 is 10.2 Å². The fraction of sp³-hybridized carbons (Fsp3) is 0.154. The lowest BCUT2D eigenvalue weighted by atomic mass is 10.0. The number of nitrogens with one attached hydrogen (secondary N) is 1. The van der Waals surface area contributed by atoms with Crippen molar-refractivity contribution in [2.24, 2.45) is 0 Å². The molecule has 1 N–H and O–H groups in total. The fourth-order valence-electron chi connectivity index (χ4n) is 4.14. The van der Waals surface area contributed by atoms with Gasteiger partial charge in [0, 0.05) is 16.4 Å². The van der Waals surface area contributed by atoms with Crippen molar-refractivity contribution >= 4 is 38.9 Å². The molecule has 0 bridgehead atoms. The molecule has 0 saturated carbocycles. The van der Waals surface area contributed by atoms with Gasteiger partial charge in [0.2, 0.25) is 0 Å². The summed E-state index contributed by atoms with van der Waals surface area (Å²) in [5.41, 5.74) is 4.61. The Morgan fingerprint density at radius 3 is 2.61 bits per heavy atom. The molecule has 0 radical (unpaired) electrons. The van der Waals surface area contributed by atoms with E-state index >= 15 is 0 Å². The highest BCUT2D eigenvalue weighted by molar-refractivity contribution is 9.10. The predicted molar refractivity (Wildman–Crippen MR) is 136 cm³/mol. The van der Waals surface area contributed by atoms with E-state index < -0.39 is 0 Å². The fourth-order valence-corrected chi connectivity index (χ4v) is 4.82. The van der Waals surface area contributed by atoms with Crippen LogP contribution in [-0.4, -0.2) is 10.1 Å². The molecule has 33 heavy (non-hydrogen) atoms. The summed E-state index contributed by atoms with van der Waals surface area (Å²) in [6, 6.07) is 20.2. The molecule has 1 aliphatic heterocycles. The number of aromatic nitrogens is 1. The maximum absolute atomic E-state index is 14.6. The van der Waals surface area contributed by atoms with Gasteiger partial charge in [0.1, 0.15) is 23.4 Å². The smallest absolute Gasteiger partial charge is 0.174 e. The number of pyridine rings is 1. The van der Waals surface area contributed by atoms with Gasteiger partial charge in [0.15, 0.2) is 5.11 Å². The average molecular weight is 522 g/mol. The second kappa shape index (κ2) is 8.72. The normalized spacial score (nSPS) is 17.9. The number of aryl methyl sites for hydroxylation is 2. The Balaban J connectivity index is 1.61. The standard InChI is InChI=1S/C26H21BrFN3OS/c1-15-6-8-18(13-16(15)2)31-25(24(30-26(31)33)21-5-3-4-12-29-21)23-11-10-22(32-23)19-9-7-17(27)14-20(19)28/h3-14,24-25H,1-2H3,(H,30,33)/t24-,25-/m1/s1. The molecule has 7 heteroatoms. The molecule has 0 spiro atoms. The van der Waals surface area contributed by atoms with E-state index in [0.29, 0.717) is 26.7 Å². The van der Waals surface area contributed by atoms with Gasteiger partial charge in [-0.2, -0.15) is 0 Å². The average Bonchev–Trinajstić information content (AvgIpc) is 3.41. The number of thiocarbonyl (C=S) groups is 1. The maximum Gasteiger partial charge on any atom is 0.174 e. The topological polar surface area (TPSA) is 41.3 Å². The molecular weight excluding hydrogens is 501 g/mol. The zero-order valence-electron chi connectivity index (χ0n) is 18.0. The zero-order chi connectivity index (χ0) is 23.1. The molecule has 4 aromatic rings. The third-order valence-electron chi connectivity index (χ3n) is 5.98. The Morgan fingerprint density at radius 1 is 1.03 bits per heavy atom. The van der Waals surface area contributed by atoms with E-state index in [-0.39, 0.29) is 17.9 Å². The van der Waals surface area contributed by atoms with Crippen molar-refractivity contribution in [3.05, 3.63) is 106 Å². The second-order valence-corrected chi connectivity index (χ2v) is 9.39. The summed E-state index contributed by atoms with van der Waals surface area (Å²) in [7, 11) is 0. The van der Waals surface area contributed by atoms with E-state index in [2.05, 4.69) is 63.2 Å². The van der Waals surface area contributed by atoms with Gasteiger partial charge in [0.25, 0.3) is 0 Å². The van der Waals surface area contributed by atoms with Crippen LogP contribution in [0.4, 0.5) is 10.1 Å². The Bertz CT molecular complexity index is 1340. The van der Waals surface area contributed by atoms with Crippen molar-refractivity contribution in [2.45, 2.75) is 25.9 Å². The number of halogens is 2. The Labute approximate surface area is 205 Å². The molecule has 1 aliphatic rings. The SMILES string of the molecule is Cc1ccc(N2C(=S)N[C@H](c3ccccn3)[C@H]2c2ccc(-c3ccc(Br)cc3F)o2)cc1C. The van der Waals surface area contributed by atoms with Crippen molar-refractivity contribution in [3.8, 4) is 11.3 Å². The third-order valence-corrected chi connectivity index (χ3v) is 6.79. The van der Waals surface area contributed by atoms with Crippen LogP contribution in [0.1, 0.15) is 34.7 Å². The van der Waals surface area contributed by atoms with Gasteiger partial charge >= 0.3 is 0 Å². The summed E-state index contributed by atoms with van der Waals surface area (Å²) in [5, 5.41) is 4.01. The molecule has 0 amide bonds. The molecule has 2 atom stereocenters. The van der Waals surface area contributed by atoms with Gasteiger partial charge in [-0.05, 0) is 91.8 Å². The molecule has 0 unspecified atom stereocenters. The lowest BCUT2D eigenvalue weighted by molar-refractivity contribution is 0.438. The van der Waals surface area contributed by atoms with Crippen LogP contribution in [0.5, 0.6) is 0 Å². The van der Waals surface area contributed by atoms with Gasteiger partial charge in [-0.1, -0.05) is 28.1 Å². The maximum atomic E-state index is 14.6. The highest BCUT2D eigenvalue weighted by Gasteiger charge is 2.42. The minimum atomic E-state index is -0.349. The van der Waals surface area contributed by atoms with Crippen molar-refractivity contribution < 1.29 is 8.81 Å². The lowest BCUT2D eigenvalue weighted by Crippen LogP contribution is -2.29. The Morgan fingerprint density at radius 2 is 1.88 bits per heavy atom. The summed E-state index contributed by atoms with van der Waals surface area (Å²) in [4.78, 5) is 6.62. The van der Waals surface area contributed by atoms with Gasteiger partial charge in [-0.3, -0.25) is 4.98 Å². The molecule has 5 rings (SSSR count). The van der Waals surface area contributed by atoms with E-state index in [1.807, 2.05) is 24.3 Å². The number of rotatable bonds is 4. The van der Waals surface area contributed by atoms with Crippen LogP contribution >= 0.6 is 28.1 Å². The van der Waals surface area contributed by atoms with Crippen LogP contribution in [0.3, 0.4) is 0 Å². The summed E-state index contributed by atoms with van der Waals surface area (Å²) in [5.74, 6) is 0.791. The first-order valence-corrected chi connectivity index (χ1v) is 11.8. The van der Waals surface area contributed by atoms with E-state index in [1.54, 1.807) is 24.4 Å². The molecular formula is C26H21BrFN3OS. The lowest BCUT2D eigenvalue weighted by Gasteiger charge is -2.26. The first-order valence-electron chi connectivity index (χ1n) is 10.6. The molecule has 166 valence electrons. The Kier molecular flexibility index (Phi) is 5.76.